The summed E-state index contributed by atoms with van der Waals surface area (Å²) in [7, 11) is 0. The molecule has 9 rings (SSSR count). The van der Waals surface area contributed by atoms with Crippen LogP contribution in [0.25, 0.3) is 87.3 Å². The Balaban J connectivity index is 1.40. The van der Waals surface area contributed by atoms with E-state index in [0.29, 0.717) is 0 Å². The molecule has 0 N–H and O–H groups in total. The molecule has 0 atom stereocenters. The molecule has 0 unspecified atom stereocenters. The summed E-state index contributed by atoms with van der Waals surface area (Å²) in [6, 6.07) is 52.6. The van der Waals surface area contributed by atoms with Crippen LogP contribution in [-0.2, 0) is 0 Å². The summed E-state index contributed by atoms with van der Waals surface area (Å²) in [5.74, 6) is 0. The van der Waals surface area contributed by atoms with Gasteiger partial charge in [-0.3, -0.25) is 0 Å². The van der Waals surface area contributed by atoms with E-state index in [0.717, 1.165) is 27.5 Å². The Labute approximate surface area is 236 Å². The zero-order valence-corrected chi connectivity index (χ0v) is 22.3. The Morgan fingerprint density at radius 3 is 1.68 bits per heavy atom. The number of benzene rings is 8. The third-order valence-corrected chi connectivity index (χ3v) is 8.64. The molecule has 1 nitrogen and oxygen atoms in total. The standard InChI is InChI=1S/C40H24O/c1-2-11-26-22-27(21-20-25(26)10-1)35-23-37-31-15-6-5-14-30(31)36(24-38(37)29-13-4-3-12-28(29)35)34-18-9-17-33-32-16-7-8-19-39(32)41-40(33)34/h1-24H. The van der Waals surface area contributed by atoms with Crippen LogP contribution in [0.5, 0.6) is 0 Å². The van der Waals surface area contributed by atoms with E-state index in [2.05, 4.69) is 140 Å². The van der Waals surface area contributed by atoms with Crippen molar-refractivity contribution in [3.63, 3.8) is 0 Å². The molecule has 190 valence electrons. The van der Waals surface area contributed by atoms with Crippen LogP contribution in [0.3, 0.4) is 0 Å². The minimum Gasteiger partial charge on any atom is -0.455 e. The first-order valence-electron chi connectivity index (χ1n) is 14.1. The molecular weight excluding hydrogens is 496 g/mol. The third-order valence-electron chi connectivity index (χ3n) is 8.64. The first-order chi connectivity index (χ1) is 20.3. The topological polar surface area (TPSA) is 13.1 Å². The van der Waals surface area contributed by atoms with E-state index in [-0.39, 0.29) is 0 Å². The highest BCUT2D eigenvalue weighted by molar-refractivity contribution is 6.25. The van der Waals surface area contributed by atoms with E-state index in [4.69, 9.17) is 4.42 Å². The fourth-order valence-electron chi connectivity index (χ4n) is 6.73. The second-order valence-electron chi connectivity index (χ2n) is 10.9. The quantitative estimate of drug-likeness (QED) is 0.207. The molecule has 0 amide bonds. The van der Waals surface area contributed by atoms with Gasteiger partial charge in [0.25, 0.3) is 0 Å². The lowest BCUT2D eigenvalue weighted by molar-refractivity contribution is 0.670. The molecule has 0 aliphatic carbocycles. The minimum absolute atomic E-state index is 0.922. The van der Waals surface area contributed by atoms with Crippen molar-refractivity contribution in [2.24, 2.45) is 0 Å². The predicted octanol–water partition coefficient (Wildman–Crippen LogP) is 11.5. The van der Waals surface area contributed by atoms with Gasteiger partial charge in [-0.25, -0.2) is 0 Å². The first-order valence-corrected chi connectivity index (χ1v) is 14.1. The van der Waals surface area contributed by atoms with Gasteiger partial charge in [0.05, 0.1) is 0 Å². The fourth-order valence-corrected chi connectivity index (χ4v) is 6.73. The Hall–Kier alpha value is -5.40. The van der Waals surface area contributed by atoms with E-state index in [1.165, 1.54) is 59.8 Å². The maximum absolute atomic E-state index is 6.50. The average molecular weight is 521 g/mol. The van der Waals surface area contributed by atoms with Gasteiger partial charge < -0.3 is 4.42 Å². The molecule has 0 bridgehead atoms. The van der Waals surface area contributed by atoms with Crippen LogP contribution in [0, 0.1) is 0 Å². The van der Waals surface area contributed by atoms with Crippen LogP contribution in [0.15, 0.2) is 150 Å². The van der Waals surface area contributed by atoms with Gasteiger partial charge in [-0.1, -0.05) is 121 Å². The monoisotopic (exact) mass is 520 g/mol. The highest BCUT2D eigenvalue weighted by Crippen LogP contribution is 2.44. The Kier molecular flexibility index (Phi) is 4.67. The molecule has 0 saturated heterocycles. The largest absolute Gasteiger partial charge is 0.455 e. The summed E-state index contributed by atoms with van der Waals surface area (Å²) < 4.78 is 6.50. The highest BCUT2D eigenvalue weighted by Gasteiger charge is 2.18. The van der Waals surface area contributed by atoms with Crippen molar-refractivity contribution >= 4 is 65.0 Å². The molecule has 0 spiro atoms. The number of hydrogen-bond donors (Lipinski definition) is 0. The van der Waals surface area contributed by atoms with Gasteiger partial charge in [0, 0.05) is 16.3 Å². The van der Waals surface area contributed by atoms with Crippen LogP contribution >= 0.6 is 0 Å². The summed E-state index contributed by atoms with van der Waals surface area (Å²) in [6.45, 7) is 0. The van der Waals surface area contributed by atoms with Gasteiger partial charge in [-0.15, -0.1) is 0 Å². The van der Waals surface area contributed by atoms with Gasteiger partial charge in [0.15, 0.2) is 0 Å². The number of furan rings is 1. The lowest BCUT2D eigenvalue weighted by Gasteiger charge is -2.16. The molecule has 0 aliphatic heterocycles. The van der Waals surface area contributed by atoms with Crippen molar-refractivity contribution in [2.75, 3.05) is 0 Å². The molecule has 1 aromatic heterocycles. The van der Waals surface area contributed by atoms with Crippen LogP contribution in [-0.4, -0.2) is 0 Å². The zero-order chi connectivity index (χ0) is 26.9. The van der Waals surface area contributed by atoms with Crippen molar-refractivity contribution < 1.29 is 4.42 Å². The third kappa shape index (κ3) is 3.30. The maximum atomic E-state index is 6.50. The van der Waals surface area contributed by atoms with E-state index >= 15 is 0 Å². The number of para-hydroxylation sites is 2. The van der Waals surface area contributed by atoms with Gasteiger partial charge in [-0.2, -0.15) is 0 Å². The summed E-state index contributed by atoms with van der Waals surface area (Å²) >= 11 is 0. The van der Waals surface area contributed by atoms with Crippen molar-refractivity contribution in [3.8, 4) is 22.3 Å². The summed E-state index contributed by atoms with van der Waals surface area (Å²) in [5.41, 5.74) is 6.68. The molecule has 0 radical (unpaired) electrons. The molecular formula is C40H24O. The smallest absolute Gasteiger partial charge is 0.143 e. The minimum atomic E-state index is 0.922. The van der Waals surface area contributed by atoms with E-state index in [9.17, 15) is 0 Å². The molecule has 1 heteroatoms. The van der Waals surface area contributed by atoms with Crippen molar-refractivity contribution in [1.82, 2.24) is 0 Å². The van der Waals surface area contributed by atoms with Crippen LogP contribution in [0.1, 0.15) is 0 Å². The van der Waals surface area contributed by atoms with Gasteiger partial charge in [0.1, 0.15) is 11.2 Å². The molecule has 41 heavy (non-hydrogen) atoms. The van der Waals surface area contributed by atoms with Crippen LogP contribution < -0.4 is 0 Å². The Morgan fingerprint density at radius 2 is 0.902 bits per heavy atom. The van der Waals surface area contributed by atoms with Crippen molar-refractivity contribution in [2.45, 2.75) is 0 Å². The van der Waals surface area contributed by atoms with Gasteiger partial charge >= 0.3 is 0 Å². The molecule has 0 fully saturated rings. The molecule has 1 heterocycles. The van der Waals surface area contributed by atoms with Gasteiger partial charge in [0.2, 0.25) is 0 Å². The van der Waals surface area contributed by atoms with Crippen LogP contribution in [0.2, 0.25) is 0 Å². The lowest BCUT2D eigenvalue weighted by atomic mass is 9.87. The summed E-state index contributed by atoms with van der Waals surface area (Å²) in [4.78, 5) is 0. The number of hydrogen-bond acceptors (Lipinski definition) is 1. The normalized spacial score (nSPS) is 11.9. The molecule has 8 aromatic carbocycles. The SMILES string of the molecule is c1ccc2cc(-c3cc4c5ccccc5c(-c5cccc6c5oc5ccccc56)cc4c4ccccc34)ccc2c1. The first kappa shape index (κ1) is 22.4. The maximum Gasteiger partial charge on any atom is 0.143 e. The summed E-state index contributed by atoms with van der Waals surface area (Å²) in [6.07, 6.45) is 0. The highest BCUT2D eigenvalue weighted by atomic mass is 16.3. The zero-order valence-electron chi connectivity index (χ0n) is 22.3. The molecule has 9 aromatic rings. The fraction of sp³-hybridized carbons (Fsp3) is 0. The lowest BCUT2D eigenvalue weighted by Crippen LogP contribution is -1.89. The predicted molar refractivity (Wildman–Crippen MR) is 175 cm³/mol. The van der Waals surface area contributed by atoms with E-state index in [1.807, 2.05) is 6.07 Å². The second kappa shape index (κ2) is 8.55. The summed E-state index contributed by atoms with van der Waals surface area (Å²) in [5, 5.41) is 12.3. The Morgan fingerprint density at radius 1 is 0.317 bits per heavy atom. The molecule has 0 aliphatic rings. The average Bonchev–Trinajstić information content (AvgIpc) is 3.43. The Bertz CT molecular complexity index is 2480. The molecule has 0 saturated carbocycles. The van der Waals surface area contributed by atoms with E-state index < -0.39 is 0 Å². The van der Waals surface area contributed by atoms with Gasteiger partial charge in [-0.05, 0) is 84.0 Å². The number of rotatable bonds is 2. The van der Waals surface area contributed by atoms with Crippen molar-refractivity contribution in [3.05, 3.63) is 146 Å². The van der Waals surface area contributed by atoms with Crippen molar-refractivity contribution in [1.29, 1.82) is 0 Å². The number of fused-ring (bicyclic) bond motifs is 9. The second-order valence-corrected chi connectivity index (χ2v) is 10.9. The van der Waals surface area contributed by atoms with E-state index in [1.54, 1.807) is 0 Å². The van der Waals surface area contributed by atoms with Crippen LogP contribution in [0.4, 0.5) is 0 Å².